The largest absolute Gasteiger partial charge is 0.352 e. The van der Waals surface area contributed by atoms with Crippen molar-refractivity contribution in [1.29, 1.82) is 0 Å². The van der Waals surface area contributed by atoms with Crippen molar-refractivity contribution in [2.24, 2.45) is 0 Å². The maximum Gasteiger partial charge on any atom is 0.263 e. The zero-order chi connectivity index (χ0) is 17.9. The Balaban J connectivity index is 2.47. The van der Waals surface area contributed by atoms with Crippen LogP contribution in [0.25, 0.3) is 10.2 Å². The molecule has 24 heavy (non-hydrogen) atoms. The molecule has 1 N–H and O–H groups in total. The second kappa shape index (κ2) is 7.81. The number of thioether (sulfide) groups is 1. The van der Waals surface area contributed by atoms with Gasteiger partial charge in [0.15, 0.2) is 5.16 Å². The molecule has 0 aliphatic heterocycles. The predicted octanol–water partition coefficient (Wildman–Crippen LogP) is 3.04. The number of carbonyl (C=O) groups excluding carboxylic acids is 1. The number of allylic oxidation sites excluding steroid dienone is 1. The van der Waals surface area contributed by atoms with Crippen molar-refractivity contribution in [2.45, 2.75) is 37.7 Å². The van der Waals surface area contributed by atoms with E-state index in [1.54, 1.807) is 23.6 Å². The zero-order valence-corrected chi connectivity index (χ0v) is 15.7. The number of rotatable bonds is 7. The summed E-state index contributed by atoms with van der Waals surface area (Å²) in [4.78, 5) is 31.4. The molecule has 0 aromatic carbocycles. The summed E-state index contributed by atoms with van der Waals surface area (Å²) < 4.78 is 1.58. The summed E-state index contributed by atoms with van der Waals surface area (Å²) >= 11 is 2.78. The second-order valence-corrected chi connectivity index (χ2v) is 7.87. The molecule has 0 radical (unpaired) electrons. The first-order chi connectivity index (χ1) is 11.4. The molecule has 2 heterocycles. The van der Waals surface area contributed by atoms with Crippen LogP contribution in [0.5, 0.6) is 0 Å². The molecule has 5 nitrogen and oxygen atoms in total. The van der Waals surface area contributed by atoms with Gasteiger partial charge >= 0.3 is 0 Å². The Labute approximate surface area is 149 Å². The molecule has 0 aliphatic rings. The lowest BCUT2D eigenvalue weighted by Gasteiger charge is -2.14. The van der Waals surface area contributed by atoms with Gasteiger partial charge in [0.2, 0.25) is 5.91 Å². The fraction of sp³-hybridized carbons (Fsp3) is 0.353. The SMILES string of the molecule is C=CCNC(=O)[C@@H](C)Sc1nc2sc(C)c(C)c2c(=O)n1CC=C. The van der Waals surface area contributed by atoms with Gasteiger partial charge in [-0.1, -0.05) is 23.9 Å². The third-order valence-electron chi connectivity index (χ3n) is 3.64. The van der Waals surface area contributed by atoms with Gasteiger partial charge in [-0.3, -0.25) is 14.2 Å². The zero-order valence-electron chi connectivity index (χ0n) is 14.1. The molecular weight excluding hydrogens is 342 g/mol. The molecule has 1 amide bonds. The van der Waals surface area contributed by atoms with Gasteiger partial charge in [0.1, 0.15) is 4.83 Å². The van der Waals surface area contributed by atoms with E-state index in [1.165, 1.54) is 23.1 Å². The average Bonchev–Trinajstić information content (AvgIpc) is 2.83. The Morgan fingerprint density at radius 3 is 2.75 bits per heavy atom. The van der Waals surface area contributed by atoms with Crippen molar-refractivity contribution in [3.63, 3.8) is 0 Å². The van der Waals surface area contributed by atoms with Gasteiger partial charge in [0.25, 0.3) is 5.56 Å². The molecular formula is C17H21N3O2S2. The van der Waals surface area contributed by atoms with Crippen LogP contribution in [0.2, 0.25) is 0 Å². The summed E-state index contributed by atoms with van der Waals surface area (Å²) in [7, 11) is 0. The number of amides is 1. The lowest BCUT2D eigenvalue weighted by molar-refractivity contribution is -0.120. The summed E-state index contributed by atoms with van der Waals surface area (Å²) in [5.74, 6) is -0.113. The van der Waals surface area contributed by atoms with Crippen molar-refractivity contribution < 1.29 is 4.79 Å². The smallest absolute Gasteiger partial charge is 0.263 e. The van der Waals surface area contributed by atoms with Gasteiger partial charge < -0.3 is 5.32 Å². The molecule has 2 rings (SSSR count). The van der Waals surface area contributed by atoms with Gasteiger partial charge in [0.05, 0.1) is 10.6 Å². The molecule has 0 fully saturated rings. The van der Waals surface area contributed by atoms with E-state index in [4.69, 9.17) is 0 Å². The van der Waals surface area contributed by atoms with E-state index in [1.807, 2.05) is 13.8 Å². The number of nitrogens with one attached hydrogen (secondary N) is 1. The molecule has 7 heteroatoms. The van der Waals surface area contributed by atoms with E-state index in [9.17, 15) is 9.59 Å². The summed E-state index contributed by atoms with van der Waals surface area (Å²) in [5.41, 5.74) is 0.890. The minimum atomic E-state index is -0.368. The highest BCUT2D eigenvalue weighted by Crippen LogP contribution is 2.29. The Hall–Kier alpha value is -1.86. The van der Waals surface area contributed by atoms with Crippen molar-refractivity contribution in [3.05, 3.63) is 46.1 Å². The van der Waals surface area contributed by atoms with Crippen LogP contribution in [0.4, 0.5) is 0 Å². The third-order valence-corrected chi connectivity index (χ3v) is 5.83. The maximum absolute atomic E-state index is 12.9. The number of aromatic nitrogens is 2. The lowest BCUT2D eigenvalue weighted by Crippen LogP contribution is -2.32. The van der Waals surface area contributed by atoms with Crippen LogP contribution in [0.15, 0.2) is 35.3 Å². The van der Waals surface area contributed by atoms with Crippen LogP contribution in [-0.2, 0) is 11.3 Å². The first-order valence-electron chi connectivity index (χ1n) is 7.57. The van der Waals surface area contributed by atoms with Gasteiger partial charge in [-0.2, -0.15) is 0 Å². The lowest BCUT2D eigenvalue weighted by atomic mass is 10.2. The number of aryl methyl sites for hydroxylation is 2. The summed E-state index contributed by atoms with van der Waals surface area (Å²) in [6, 6.07) is 0. The number of hydrogen-bond donors (Lipinski definition) is 1. The van der Waals surface area contributed by atoms with Crippen LogP contribution in [-0.4, -0.2) is 27.3 Å². The van der Waals surface area contributed by atoms with Crippen molar-refractivity contribution in [2.75, 3.05) is 6.54 Å². The highest BCUT2D eigenvalue weighted by molar-refractivity contribution is 8.00. The molecule has 0 aliphatic carbocycles. The van der Waals surface area contributed by atoms with Crippen LogP contribution >= 0.6 is 23.1 Å². The van der Waals surface area contributed by atoms with Crippen molar-refractivity contribution in [3.8, 4) is 0 Å². The van der Waals surface area contributed by atoms with E-state index < -0.39 is 0 Å². The number of hydrogen-bond acceptors (Lipinski definition) is 5. The Morgan fingerprint density at radius 1 is 1.42 bits per heavy atom. The minimum absolute atomic E-state index is 0.0806. The van der Waals surface area contributed by atoms with E-state index in [2.05, 4.69) is 23.5 Å². The minimum Gasteiger partial charge on any atom is -0.352 e. The Kier molecular flexibility index (Phi) is 6.01. The molecule has 1 atom stereocenters. The molecule has 2 aromatic rings. The first-order valence-corrected chi connectivity index (χ1v) is 9.27. The van der Waals surface area contributed by atoms with Gasteiger partial charge in [-0.15, -0.1) is 24.5 Å². The monoisotopic (exact) mass is 363 g/mol. The fourth-order valence-electron chi connectivity index (χ4n) is 2.22. The van der Waals surface area contributed by atoms with E-state index in [0.717, 1.165) is 15.3 Å². The maximum atomic E-state index is 12.9. The number of nitrogens with zero attached hydrogens (tertiary/aromatic N) is 2. The number of thiophene rings is 1. The fourth-order valence-corrected chi connectivity index (χ4v) is 4.23. The van der Waals surface area contributed by atoms with Crippen LogP contribution in [0.1, 0.15) is 17.4 Å². The van der Waals surface area contributed by atoms with Crippen molar-refractivity contribution >= 4 is 39.2 Å². The molecule has 2 aromatic heterocycles. The van der Waals surface area contributed by atoms with E-state index in [0.29, 0.717) is 23.6 Å². The molecule has 0 saturated carbocycles. The Morgan fingerprint density at radius 2 is 2.12 bits per heavy atom. The Bertz CT molecular complexity index is 852. The standard InChI is InChI=1S/C17H21N3O2S2/c1-6-8-18-14(21)12(5)24-17-19-15-13(10(3)11(4)23-15)16(22)20(17)9-7-2/h6-7,12H,1-2,8-9H2,3-5H3,(H,18,21)/t12-/m1/s1. The van der Waals surface area contributed by atoms with Gasteiger partial charge in [0, 0.05) is 18.0 Å². The van der Waals surface area contributed by atoms with E-state index in [-0.39, 0.29) is 16.7 Å². The molecule has 0 bridgehead atoms. The normalized spacial score (nSPS) is 12.1. The summed E-state index contributed by atoms with van der Waals surface area (Å²) in [6.07, 6.45) is 3.29. The molecule has 0 unspecified atom stereocenters. The average molecular weight is 364 g/mol. The highest BCUT2D eigenvalue weighted by atomic mass is 32.2. The molecule has 128 valence electrons. The van der Waals surface area contributed by atoms with Gasteiger partial charge in [-0.25, -0.2) is 4.98 Å². The summed E-state index contributed by atoms with van der Waals surface area (Å²) in [6.45, 7) is 13.8. The quantitative estimate of drug-likeness (QED) is 0.466. The topological polar surface area (TPSA) is 64.0 Å². The first kappa shape index (κ1) is 18.5. The number of carbonyl (C=O) groups is 1. The number of fused-ring (bicyclic) bond motifs is 1. The van der Waals surface area contributed by atoms with Gasteiger partial charge in [-0.05, 0) is 26.3 Å². The van der Waals surface area contributed by atoms with E-state index >= 15 is 0 Å². The van der Waals surface area contributed by atoms with Crippen LogP contribution in [0, 0.1) is 13.8 Å². The van der Waals surface area contributed by atoms with Crippen LogP contribution in [0.3, 0.4) is 0 Å². The molecule has 0 saturated heterocycles. The highest BCUT2D eigenvalue weighted by Gasteiger charge is 2.20. The third kappa shape index (κ3) is 3.62. The molecule has 0 spiro atoms. The second-order valence-electron chi connectivity index (χ2n) is 5.36. The van der Waals surface area contributed by atoms with Crippen LogP contribution < -0.4 is 10.9 Å². The predicted molar refractivity (Wildman–Crippen MR) is 102 cm³/mol. The van der Waals surface area contributed by atoms with Crippen molar-refractivity contribution in [1.82, 2.24) is 14.9 Å². The summed E-state index contributed by atoms with van der Waals surface area (Å²) in [5, 5.41) is 3.59.